The maximum Gasteiger partial charge on any atom is 0.0410 e. The van der Waals surface area contributed by atoms with Gasteiger partial charge in [0.25, 0.3) is 0 Å². The van der Waals surface area contributed by atoms with Crippen LogP contribution >= 0.6 is 0 Å². The summed E-state index contributed by atoms with van der Waals surface area (Å²) in [7, 11) is 32.1. The molecule has 0 aliphatic heterocycles. The molecule has 0 saturated carbocycles. The third kappa shape index (κ3) is 4.98. The summed E-state index contributed by atoms with van der Waals surface area (Å²) >= 11 is 0. The van der Waals surface area contributed by atoms with Crippen molar-refractivity contribution in [1.29, 1.82) is 0 Å². The first-order chi connectivity index (χ1) is 5.04. The Hall–Kier alpha value is 0.649. The van der Waals surface area contributed by atoms with E-state index >= 15 is 0 Å². The molecule has 0 aromatic rings. The molecule has 0 aliphatic carbocycles. The maximum absolute atomic E-state index is 5.65. The third-order valence-electron chi connectivity index (χ3n) is 1.15. The lowest BCUT2D eigenvalue weighted by atomic mass is 8.86. The minimum atomic E-state index is -0.914. The van der Waals surface area contributed by atoms with E-state index in [1.807, 2.05) is 0 Å². The van der Waals surface area contributed by atoms with Crippen molar-refractivity contribution in [2.24, 2.45) is 0 Å². The summed E-state index contributed by atoms with van der Waals surface area (Å²) in [5, 5.41) is -0.914. The molecule has 11 heavy (non-hydrogen) atoms. The fourth-order valence-electron chi connectivity index (χ4n) is 0.667. The molecule has 14 radical (unpaired) electrons. The Labute approximate surface area is 79.2 Å². The second-order valence-electron chi connectivity index (χ2n) is 2.27. The SMILES string of the molecule is [B][B][B]C([B])([B][B])[B]B([B])[B]. The van der Waals surface area contributed by atoms with Crippen LogP contribution in [0.15, 0.2) is 0 Å². The quantitative estimate of drug-likeness (QED) is 0.329. The molecule has 0 bridgehead atoms. The molecule has 0 aliphatic rings. The van der Waals surface area contributed by atoms with E-state index in [0.717, 1.165) is 0 Å². The summed E-state index contributed by atoms with van der Waals surface area (Å²) in [5.41, 5.74) is 0. The van der Waals surface area contributed by atoms with Gasteiger partial charge in [-0.2, -0.15) is 5.01 Å². The Kier molecular flexibility index (Phi) is 5.64. The van der Waals surface area contributed by atoms with E-state index in [1.165, 1.54) is 28.6 Å². The zero-order valence-corrected chi connectivity index (χ0v) is 6.27. The van der Waals surface area contributed by atoms with Crippen molar-refractivity contribution in [2.45, 2.75) is 5.01 Å². The summed E-state index contributed by atoms with van der Waals surface area (Å²) in [5.74, 6) is 0. The third-order valence-corrected chi connectivity index (χ3v) is 1.15. The first kappa shape index (κ1) is 11.6. The Balaban J connectivity index is 3.87. The van der Waals surface area contributed by atoms with Gasteiger partial charge in [-0.15, -0.1) is 0 Å². The zero-order chi connectivity index (χ0) is 8.91. The van der Waals surface area contributed by atoms with Gasteiger partial charge in [-0.1, -0.05) is 0 Å². The monoisotopic (exact) mass is 122 g/mol. The van der Waals surface area contributed by atoms with Crippen LogP contribution < -0.4 is 0 Å². The van der Waals surface area contributed by atoms with Crippen molar-refractivity contribution in [3.8, 4) is 0 Å². The van der Waals surface area contributed by atoms with Gasteiger partial charge < -0.3 is 0 Å². The molecular formula is CB10. The summed E-state index contributed by atoms with van der Waals surface area (Å²) in [6, 6.07) is 0. The molecule has 0 N–H and O–H groups in total. The van der Waals surface area contributed by atoms with Crippen molar-refractivity contribution < 1.29 is 0 Å². The minimum absolute atomic E-state index is 0.615. The Morgan fingerprint density at radius 3 is 2.00 bits per heavy atom. The van der Waals surface area contributed by atoms with E-state index in [9.17, 15) is 0 Å². The van der Waals surface area contributed by atoms with Crippen molar-refractivity contribution in [2.75, 3.05) is 0 Å². The van der Waals surface area contributed by atoms with Crippen molar-refractivity contribution in [3.63, 3.8) is 0 Å². The Morgan fingerprint density at radius 1 is 1.18 bits per heavy atom. The van der Waals surface area contributed by atoms with Crippen LogP contribution in [0.25, 0.3) is 0 Å². The average Bonchev–Trinajstić information content (AvgIpc) is 1.87. The van der Waals surface area contributed by atoms with Crippen LogP contribution in [0, 0.1) is 0 Å². The number of rotatable bonds is 5. The second kappa shape index (κ2) is 5.32. The molecule has 1 atom stereocenters. The highest BCUT2D eigenvalue weighted by atomic mass is 13.6. The standard InChI is InChI=1S/CB10/c2-1(7-3,8-10-4)9-11(5)6. The fraction of sp³-hybridized carbons (Fsp3) is 1.00. The first-order valence-electron chi connectivity index (χ1n) is 3.15. The van der Waals surface area contributed by atoms with E-state index in [1.54, 1.807) is 0 Å². The highest BCUT2D eigenvalue weighted by Crippen LogP contribution is 2.12. The van der Waals surface area contributed by atoms with Crippen LogP contribution in [0.5, 0.6) is 0 Å². The Bertz CT molecular complexity index is 99.0. The molecule has 0 rings (SSSR count). The predicted octanol–water partition coefficient (Wildman–Crippen LogP) is -3.59. The van der Waals surface area contributed by atoms with E-state index in [4.69, 9.17) is 38.8 Å². The van der Waals surface area contributed by atoms with E-state index in [2.05, 4.69) is 0 Å². The van der Waals surface area contributed by atoms with Crippen LogP contribution in [-0.4, -0.2) is 73.8 Å². The van der Waals surface area contributed by atoms with E-state index in [0.29, 0.717) is 0 Å². The molecule has 0 heterocycles. The smallest absolute Gasteiger partial charge is 0.0410 e. The summed E-state index contributed by atoms with van der Waals surface area (Å²) in [6.45, 7) is 0. The largest absolute Gasteiger partial charge is 0.166 e. The average molecular weight is 120 g/mol. The van der Waals surface area contributed by atoms with Crippen molar-refractivity contribution in [3.05, 3.63) is 0 Å². The van der Waals surface area contributed by atoms with Crippen LogP contribution in [0.1, 0.15) is 0 Å². The second-order valence-corrected chi connectivity index (χ2v) is 2.27. The van der Waals surface area contributed by atoms with E-state index in [-0.39, 0.29) is 0 Å². The van der Waals surface area contributed by atoms with Crippen LogP contribution in [0.4, 0.5) is 0 Å². The van der Waals surface area contributed by atoms with Crippen LogP contribution in [0.2, 0.25) is 5.01 Å². The fourth-order valence-corrected chi connectivity index (χ4v) is 0.667. The highest BCUT2D eigenvalue weighted by molar-refractivity contribution is 7.57. The normalized spacial score (nSPS) is 14.2. The number of hydrogen-bond donors (Lipinski definition) is 0. The highest BCUT2D eigenvalue weighted by Gasteiger charge is 2.22. The van der Waals surface area contributed by atoms with Crippen LogP contribution in [0.3, 0.4) is 0 Å². The molecule has 0 saturated heterocycles. The summed E-state index contributed by atoms with van der Waals surface area (Å²) in [6.07, 6.45) is -0.615. The van der Waals surface area contributed by atoms with Gasteiger partial charge in [0.05, 0.1) is 0 Å². The van der Waals surface area contributed by atoms with Gasteiger partial charge in [-0.3, -0.25) is 0 Å². The molecule has 10 heteroatoms. The van der Waals surface area contributed by atoms with Crippen LogP contribution in [-0.2, 0) is 0 Å². The van der Waals surface area contributed by atoms with Gasteiger partial charge in [0, 0.05) is 73.8 Å². The van der Waals surface area contributed by atoms with Crippen molar-refractivity contribution in [1.82, 2.24) is 0 Å². The van der Waals surface area contributed by atoms with Gasteiger partial charge in [-0.05, 0) is 0 Å². The minimum Gasteiger partial charge on any atom is -0.166 e. The molecule has 0 aromatic carbocycles. The predicted molar refractivity (Wildman–Crippen MR) is 60.2 cm³/mol. The number of hydrogen-bond acceptors (Lipinski definition) is 0. The topological polar surface area (TPSA) is 0 Å². The van der Waals surface area contributed by atoms with Crippen molar-refractivity contribution >= 4 is 73.8 Å². The lowest BCUT2D eigenvalue weighted by molar-refractivity contribution is 1.67. The molecule has 0 spiro atoms. The molecule has 1 unspecified atom stereocenters. The summed E-state index contributed by atoms with van der Waals surface area (Å²) in [4.78, 5) is 0. The van der Waals surface area contributed by atoms with Gasteiger partial charge in [0.2, 0.25) is 0 Å². The molecule has 34 valence electrons. The van der Waals surface area contributed by atoms with Gasteiger partial charge in [0.15, 0.2) is 0 Å². The van der Waals surface area contributed by atoms with E-state index < -0.39 is 11.4 Å². The molecule has 0 fully saturated rings. The Morgan fingerprint density at radius 2 is 1.73 bits per heavy atom. The lowest BCUT2D eigenvalue weighted by Crippen LogP contribution is -2.45. The van der Waals surface area contributed by atoms with Gasteiger partial charge in [-0.25, -0.2) is 0 Å². The first-order valence-corrected chi connectivity index (χ1v) is 3.15. The lowest BCUT2D eigenvalue weighted by Gasteiger charge is -2.29. The molecule has 0 aromatic heterocycles. The summed E-state index contributed by atoms with van der Waals surface area (Å²) < 4.78 is 0. The molecular weight excluding hydrogens is 120 g/mol. The zero-order valence-electron chi connectivity index (χ0n) is 6.27. The molecule has 0 nitrogen and oxygen atoms in total. The van der Waals surface area contributed by atoms with Gasteiger partial charge in [0.1, 0.15) is 0 Å². The van der Waals surface area contributed by atoms with Gasteiger partial charge >= 0.3 is 0 Å². The maximum atomic E-state index is 5.65. The molecule has 0 amide bonds.